The second-order valence-corrected chi connectivity index (χ2v) is 4.31. The van der Waals surface area contributed by atoms with Gasteiger partial charge in [0.05, 0.1) is 22.2 Å². The number of fused-ring (bicyclic) bond motifs is 3. The molecule has 0 radical (unpaired) electrons. The summed E-state index contributed by atoms with van der Waals surface area (Å²) in [4.78, 5) is 29.0. The van der Waals surface area contributed by atoms with Crippen molar-refractivity contribution in [2.24, 2.45) is 0 Å². The molecule has 2 N–H and O–H groups in total. The molecule has 2 heterocycles. The quantitative estimate of drug-likeness (QED) is 0.549. The summed E-state index contributed by atoms with van der Waals surface area (Å²) in [6.45, 7) is 0. The number of rotatable bonds is 2. The topological polar surface area (TPSA) is 101 Å². The summed E-state index contributed by atoms with van der Waals surface area (Å²) in [6.07, 6.45) is 1.55. The standard InChI is InChI=1S/C13H10N4O3/c1-14-13(18)11-5-9-8-3-2-7(17(19)20)4-10(8)16-12(9)6-15-11/h2-6,16H,1H3,(H,14,18). The van der Waals surface area contributed by atoms with E-state index < -0.39 is 4.92 Å². The first-order chi connectivity index (χ1) is 9.60. The number of nitrogens with one attached hydrogen (secondary N) is 2. The van der Waals surface area contributed by atoms with Crippen molar-refractivity contribution in [2.75, 3.05) is 7.05 Å². The highest BCUT2D eigenvalue weighted by Crippen LogP contribution is 2.28. The van der Waals surface area contributed by atoms with Crippen molar-refractivity contribution in [3.05, 3.63) is 46.3 Å². The summed E-state index contributed by atoms with van der Waals surface area (Å²) in [5.41, 5.74) is 1.70. The maximum Gasteiger partial charge on any atom is 0.271 e. The highest BCUT2D eigenvalue weighted by molar-refractivity contribution is 6.09. The van der Waals surface area contributed by atoms with Gasteiger partial charge in [0.25, 0.3) is 11.6 Å². The first-order valence-corrected chi connectivity index (χ1v) is 5.88. The molecular formula is C13H10N4O3. The lowest BCUT2D eigenvalue weighted by Gasteiger charge is -1.98. The highest BCUT2D eigenvalue weighted by atomic mass is 16.6. The zero-order chi connectivity index (χ0) is 14.3. The van der Waals surface area contributed by atoms with Crippen LogP contribution in [-0.2, 0) is 0 Å². The van der Waals surface area contributed by atoms with E-state index in [1.165, 1.54) is 19.2 Å². The first kappa shape index (κ1) is 12.1. The fourth-order valence-corrected chi connectivity index (χ4v) is 2.16. The number of nitro benzene ring substituents is 1. The molecular weight excluding hydrogens is 260 g/mol. The molecule has 20 heavy (non-hydrogen) atoms. The Labute approximate surface area is 112 Å². The smallest absolute Gasteiger partial charge is 0.271 e. The number of H-pyrrole nitrogens is 1. The Morgan fingerprint density at radius 2 is 2.10 bits per heavy atom. The summed E-state index contributed by atoms with van der Waals surface area (Å²) in [6, 6.07) is 6.24. The largest absolute Gasteiger partial charge is 0.354 e. The van der Waals surface area contributed by atoms with Crippen LogP contribution < -0.4 is 5.32 Å². The summed E-state index contributed by atoms with van der Waals surface area (Å²) >= 11 is 0. The summed E-state index contributed by atoms with van der Waals surface area (Å²) in [5, 5.41) is 14.9. The summed E-state index contributed by atoms with van der Waals surface area (Å²) < 4.78 is 0. The van der Waals surface area contributed by atoms with Crippen molar-refractivity contribution in [3.8, 4) is 0 Å². The number of aromatic nitrogens is 2. The molecule has 0 saturated carbocycles. The van der Waals surface area contributed by atoms with Gasteiger partial charge in [-0.3, -0.25) is 14.9 Å². The van der Waals surface area contributed by atoms with Crippen molar-refractivity contribution in [3.63, 3.8) is 0 Å². The molecule has 0 aliphatic rings. The summed E-state index contributed by atoms with van der Waals surface area (Å²) in [5.74, 6) is -0.275. The lowest BCUT2D eigenvalue weighted by Crippen LogP contribution is -2.18. The Kier molecular flexibility index (Phi) is 2.60. The Morgan fingerprint density at radius 1 is 1.30 bits per heavy atom. The number of non-ortho nitro benzene ring substituents is 1. The zero-order valence-electron chi connectivity index (χ0n) is 10.5. The number of hydrogen-bond acceptors (Lipinski definition) is 4. The maximum atomic E-state index is 11.6. The van der Waals surface area contributed by atoms with Gasteiger partial charge in [0, 0.05) is 30.0 Å². The Balaban J connectivity index is 2.26. The molecule has 0 aliphatic carbocycles. The lowest BCUT2D eigenvalue weighted by atomic mass is 10.1. The minimum Gasteiger partial charge on any atom is -0.354 e. The van der Waals surface area contributed by atoms with Crippen LogP contribution in [0.5, 0.6) is 0 Å². The predicted octanol–water partition coefficient (Wildman–Crippen LogP) is 1.98. The van der Waals surface area contributed by atoms with Crippen LogP contribution in [0.25, 0.3) is 21.8 Å². The number of pyridine rings is 1. The maximum absolute atomic E-state index is 11.6. The number of carbonyl (C=O) groups excluding carboxylic acids is 1. The van der Waals surface area contributed by atoms with E-state index in [4.69, 9.17) is 0 Å². The number of carbonyl (C=O) groups is 1. The highest BCUT2D eigenvalue weighted by Gasteiger charge is 2.12. The fourth-order valence-electron chi connectivity index (χ4n) is 2.16. The lowest BCUT2D eigenvalue weighted by molar-refractivity contribution is -0.384. The summed E-state index contributed by atoms with van der Waals surface area (Å²) in [7, 11) is 1.53. The number of aromatic amines is 1. The molecule has 1 amide bonds. The van der Waals surface area contributed by atoms with Crippen LogP contribution in [0, 0.1) is 10.1 Å². The van der Waals surface area contributed by atoms with Gasteiger partial charge in [-0.2, -0.15) is 0 Å². The average molecular weight is 270 g/mol. The number of hydrogen-bond donors (Lipinski definition) is 2. The van der Waals surface area contributed by atoms with Gasteiger partial charge in [-0.25, -0.2) is 4.98 Å². The van der Waals surface area contributed by atoms with Gasteiger partial charge in [0.2, 0.25) is 0 Å². The van der Waals surface area contributed by atoms with E-state index in [0.29, 0.717) is 11.2 Å². The van der Waals surface area contributed by atoms with Crippen molar-refractivity contribution in [1.29, 1.82) is 0 Å². The van der Waals surface area contributed by atoms with Gasteiger partial charge in [-0.1, -0.05) is 0 Å². The van der Waals surface area contributed by atoms with Crippen molar-refractivity contribution in [1.82, 2.24) is 15.3 Å². The predicted molar refractivity (Wildman–Crippen MR) is 73.6 cm³/mol. The minimum absolute atomic E-state index is 0.0172. The number of amides is 1. The van der Waals surface area contributed by atoms with E-state index in [2.05, 4.69) is 15.3 Å². The van der Waals surface area contributed by atoms with E-state index >= 15 is 0 Å². The Bertz CT molecular complexity index is 853. The molecule has 2 aromatic heterocycles. The fraction of sp³-hybridized carbons (Fsp3) is 0.0769. The van der Waals surface area contributed by atoms with Crippen LogP contribution >= 0.6 is 0 Å². The molecule has 3 aromatic rings. The van der Waals surface area contributed by atoms with Gasteiger partial charge < -0.3 is 10.3 Å². The van der Waals surface area contributed by atoms with Crippen molar-refractivity contribution < 1.29 is 9.72 Å². The molecule has 100 valence electrons. The number of nitro groups is 1. The average Bonchev–Trinajstić information content (AvgIpc) is 2.82. The number of nitrogens with zero attached hydrogens (tertiary/aromatic N) is 2. The minimum atomic E-state index is -0.445. The third-order valence-corrected chi connectivity index (χ3v) is 3.14. The monoisotopic (exact) mass is 270 g/mol. The van der Waals surface area contributed by atoms with Crippen LogP contribution in [0.1, 0.15) is 10.5 Å². The van der Waals surface area contributed by atoms with E-state index in [1.807, 2.05) is 0 Å². The molecule has 0 fully saturated rings. The second-order valence-electron chi connectivity index (χ2n) is 4.31. The van der Waals surface area contributed by atoms with Crippen LogP contribution in [0.4, 0.5) is 5.69 Å². The molecule has 0 bridgehead atoms. The van der Waals surface area contributed by atoms with Crippen molar-refractivity contribution in [2.45, 2.75) is 0 Å². The van der Waals surface area contributed by atoms with E-state index in [0.717, 1.165) is 16.3 Å². The van der Waals surface area contributed by atoms with Gasteiger partial charge in [-0.15, -0.1) is 0 Å². The first-order valence-electron chi connectivity index (χ1n) is 5.88. The molecule has 0 unspecified atom stereocenters. The van der Waals surface area contributed by atoms with Gasteiger partial charge in [0.1, 0.15) is 5.69 Å². The third kappa shape index (κ3) is 1.76. The zero-order valence-corrected chi connectivity index (χ0v) is 10.5. The SMILES string of the molecule is CNC(=O)c1cc2c(cn1)[nH]c1cc([N+](=O)[O-])ccc12. The van der Waals surface area contributed by atoms with Crippen LogP contribution in [0.3, 0.4) is 0 Å². The van der Waals surface area contributed by atoms with Gasteiger partial charge in [-0.05, 0) is 12.1 Å². The molecule has 7 nitrogen and oxygen atoms in total. The number of benzene rings is 1. The van der Waals surface area contributed by atoms with Crippen LogP contribution in [-0.4, -0.2) is 27.8 Å². The Morgan fingerprint density at radius 3 is 2.80 bits per heavy atom. The molecule has 3 rings (SSSR count). The van der Waals surface area contributed by atoms with Crippen LogP contribution in [0.2, 0.25) is 0 Å². The normalized spacial score (nSPS) is 10.8. The van der Waals surface area contributed by atoms with Crippen LogP contribution in [0.15, 0.2) is 30.5 Å². The molecule has 1 aromatic carbocycles. The molecule has 7 heteroatoms. The molecule has 0 spiro atoms. The molecule has 0 saturated heterocycles. The molecule has 0 aliphatic heterocycles. The Hall–Kier alpha value is -2.96. The molecule has 0 atom stereocenters. The van der Waals surface area contributed by atoms with E-state index in [-0.39, 0.29) is 11.6 Å². The van der Waals surface area contributed by atoms with Crippen molar-refractivity contribution >= 4 is 33.4 Å². The van der Waals surface area contributed by atoms with Gasteiger partial charge in [0.15, 0.2) is 0 Å². The van der Waals surface area contributed by atoms with Gasteiger partial charge >= 0.3 is 0 Å². The van der Waals surface area contributed by atoms with E-state index in [1.54, 1.807) is 18.3 Å². The third-order valence-electron chi connectivity index (χ3n) is 3.14. The second kappa shape index (κ2) is 4.30. The van der Waals surface area contributed by atoms with E-state index in [9.17, 15) is 14.9 Å².